The maximum absolute atomic E-state index is 3.79. The van der Waals surface area contributed by atoms with Crippen molar-refractivity contribution >= 4 is 0 Å². The first-order valence-corrected chi connectivity index (χ1v) is 8.86. The average Bonchev–Trinajstić information content (AvgIpc) is 2.54. The molecule has 0 saturated heterocycles. The minimum atomic E-state index is 0.149. The summed E-state index contributed by atoms with van der Waals surface area (Å²) in [6.07, 6.45) is 4.90. The van der Waals surface area contributed by atoms with Crippen LogP contribution in [0.5, 0.6) is 0 Å². The van der Waals surface area contributed by atoms with Gasteiger partial charge in [-0.25, -0.2) is 0 Å². The van der Waals surface area contributed by atoms with E-state index in [9.17, 15) is 0 Å². The lowest BCUT2D eigenvalue weighted by Crippen LogP contribution is -2.48. The summed E-state index contributed by atoms with van der Waals surface area (Å²) in [5.41, 5.74) is 4.91. The van der Waals surface area contributed by atoms with E-state index < -0.39 is 0 Å². The number of rotatable bonds is 4. The van der Waals surface area contributed by atoms with Crippen LogP contribution in [0.1, 0.15) is 50.3 Å². The van der Waals surface area contributed by atoms with Crippen molar-refractivity contribution in [2.75, 3.05) is 6.54 Å². The second-order valence-corrected chi connectivity index (χ2v) is 8.06. The lowest BCUT2D eigenvalue weighted by atomic mass is 9.66. The summed E-state index contributed by atoms with van der Waals surface area (Å²) in [5, 5.41) is 3.79. The Kier molecular flexibility index (Phi) is 4.59. The minimum absolute atomic E-state index is 0.149. The van der Waals surface area contributed by atoms with Crippen LogP contribution in [0, 0.1) is 0 Å². The fourth-order valence-electron chi connectivity index (χ4n) is 3.86. The number of nitrogens with one attached hydrogen (secondary N) is 1. The molecule has 0 amide bonds. The molecule has 0 bridgehead atoms. The van der Waals surface area contributed by atoms with Gasteiger partial charge < -0.3 is 5.32 Å². The van der Waals surface area contributed by atoms with Crippen molar-refractivity contribution in [3.63, 3.8) is 0 Å². The van der Waals surface area contributed by atoms with E-state index in [1.807, 2.05) is 0 Å². The van der Waals surface area contributed by atoms with Crippen LogP contribution in [0.15, 0.2) is 54.6 Å². The summed E-state index contributed by atoms with van der Waals surface area (Å²) in [6, 6.07) is 20.1. The van der Waals surface area contributed by atoms with E-state index in [-0.39, 0.29) is 11.0 Å². The minimum Gasteiger partial charge on any atom is -0.311 e. The monoisotopic (exact) mass is 307 g/mol. The van der Waals surface area contributed by atoms with Crippen molar-refractivity contribution in [3.05, 3.63) is 71.3 Å². The third-order valence-corrected chi connectivity index (χ3v) is 5.03. The van der Waals surface area contributed by atoms with E-state index in [0.29, 0.717) is 0 Å². The van der Waals surface area contributed by atoms with Crippen LogP contribution < -0.4 is 5.32 Å². The number of hydrogen-bond acceptors (Lipinski definition) is 1. The van der Waals surface area contributed by atoms with E-state index in [1.54, 1.807) is 11.1 Å². The number of aryl methyl sites for hydroxylation is 1. The lowest BCUT2D eigenvalue weighted by Gasteiger charge is -2.41. The predicted molar refractivity (Wildman–Crippen MR) is 99.0 cm³/mol. The first-order chi connectivity index (χ1) is 11.0. The van der Waals surface area contributed by atoms with Crippen LogP contribution in [-0.2, 0) is 18.3 Å². The van der Waals surface area contributed by atoms with Gasteiger partial charge >= 0.3 is 0 Å². The third kappa shape index (κ3) is 3.84. The molecule has 1 heteroatoms. The maximum atomic E-state index is 3.79. The van der Waals surface area contributed by atoms with E-state index in [2.05, 4.69) is 80.7 Å². The van der Waals surface area contributed by atoms with Gasteiger partial charge in [0.15, 0.2) is 0 Å². The van der Waals surface area contributed by atoms with Gasteiger partial charge in [-0.2, -0.15) is 0 Å². The molecule has 3 rings (SSSR count). The SMILES string of the molecule is CC(C)(C)NCC1(Cc2ccccc2)CCCc2ccccc21. The number of hydrogen-bond donors (Lipinski definition) is 1. The van der Waals surface area contributed by atoms with Gasteiger partial charge in [0.1, 0.15) is 0 Å². The highest BCUT2D eigenvalue weighted by atomic mass is 15.0. The van der Waals surface area contributed by atoms with Crippen molar-refractivity contribution in [1.29, 1.82) is 0 Å². The third-order valence-electron chi connectivity index (χ3n) is 5.03. The summed E-state index contributed by atoms with van der Waals surface area (Å²) in [7, 11) is 0. The molecule has 0 fully saturated rings. The second-order valence-electron chi connectivity index (χ2n) is 8.06. The van der Waals surface area contributed by atoms with Crippen LogP contribution >= 0.6 is 0 Å². The molecule has 0 aromatic heterocycles. The Labute approximate surface area is 141 Å². The molecule has 0 radical (unpaired) electrons. The van der Waals surface area contributed by atoms with Gasteiger partial charge in [0.2, 0.25) is 0 Å². The molecule has 0 aliphatic heterocycles. The van der Waals surface area contributed by atoms with E-state index >= 15 is 0 Å². The highest BCUT2D eigenvalue weighted by Gasteiger charge is 2.37. The number of fused-ring (bicyclic) bond motifs is 1. The molecule has 1 unspecified atom stereocenters. The summed E-state index contributed by atoms with van der Waals surface area (Å²) >= 11 is 0. The van der Waals surface area contributed by atoms with Crippen molar-refractivity contribution in [3.8, 4) is 0 Å². The van der Waals surface area contributed by atoms with E-state index in [1.165, 1.54) is 24.8 Å². The molecular formula is C22H29N. The molecule has 1 aliphatic carbocycles. The fraction of sp³-hybridized carbons (Fsp3) is 0.455. The van der Waals surface area contributed by atoms with Gasteiger partial charge in [-0.1, -0.05) is 54.6 Å². The molecule has 0 spiro atoms. The molecule has 122 valence electrons. The van der Waals surface area contributed by atoms with Crippen LogP contribution in [0.3, 0.4) is 0 Å². The standard InChI is InChI=1S/C22H29N/c1-21(2,3)23-17-22(16-18-10-5-4-6-11-18)15-9-13-19-12-7-8-14-20(19)22/h4-8,10-12,14,23H,9,13,15-17H2,1-3H3. The van der Waals surface area contributed by atoms with E-state index in [0.717, 1.165) is 13.0 Å². The Balaban J connectivity index is 1.97. The van der Waals surface area contributed by atoms with Crippen LogP contribution in [0.4, 0.5) is 0 Å². The lowest BCUT2D eigenvalue weighted by molar-refractivity contribution is 0.293. The zero-order valence-corrected chi connectivity index (χ0v) is 14.7. The Hall–Kier alpha value is -1.60. The van der Waals surface area contributed by atoms with Gasteiger partial charge in [-0.15, -0.1) is 0 Å². The first kappa shape index (κ1) is 16.3. The molecule has 23 heavy (non-hydrogen) atoms. The summed E-state index contributed by atoms with van der Waals surface area (Å²) in [6.45, 7) is 7.83. The molecule has 0 heterocycles. The Morgan fingerprint density at radius 1 is 0.957 bits per heavy atom. The van der Waals surface area contributed by atoms with Gasteiger partial charge in [0.25, 0.3) is 0 Å². The molecule has 1 aliphatic rings. The number of benzene rings is 2. The zero-order valence-electron chi connectivity index (χ0n) is 14.7. The van der Waals surface area contributed by atoms with Gasteiger partial charge in [-0.05, 0) is 63.1 Å². The quantitative estimate of drug-likeness (QED) is 0.848. The summed E-state index contributed by atoms with van der Waals surface area (Å²) in [5.74, 6) is 0. The van der Waals surface area contributed by atoms with Crippen molar-refractivity contribution in [2.24, 2.45) is 0 Å². The molecule has 0 saturated carbocycles. The van der Waals surface area contributed by atoms with E-state index in [4.69, 9.17) is 0 Å². The van der Waals surface area contributed by atoms with Gasteiger partial charge in [0, 0.05) is 17.5 Å². The maximum Gasteiger partial charge on any atom is 0.0121 e. The average molecular weight is 307 g/mol. The Morgan fingerprint density at radius 2 is 1.65 bits per heavy atom. The molecule has 1 N–H and O–H groups in total. The molecule has 2 aromatic carbocycles. The largest absolute Gasteiger partial charge is 0.311 e. The van der Waals surface area contributed by atoms with Crippen LogP contribution in [-0.4, -0.2) is 12.1 Å². The summed E-state index contributed by atoms with van der Waals surface area (Å²) in [4.78, 5) is 0. The normalized spacial score (nSPS) is 21.0. The smallest absolute Gasteiger partial charge is 0.0121 e. The van der Waals surface area contributed by atoms with Crippen molar-refractivity contribution < 1.29 is 0 Å². The van der Waals surface area contributed by atoms with Crippen LogP contribution in [0.25, 0.3) is 0 Å². The zero-order chi connectivity index (χ0) is 16.3. The molecular weight excluding hydrogens is 278 g/mol. The topological polar surface area (TPSA) is 12.0 Å². The van der Waals surface area contributed by atoms with Gasteiger partial charge in [-0.3, -0.25) is 0 Å². The fourth-order valence-corrected chi connectivity index (χ4v) is 3.86. The first-order valence-electron chi connectivity index (χ1n) is 8.86. The second kappa shape index (κ2) is 6.49. The molecule has 1 nitrogen and oxygen atoms in total. The molecule has 2 aromatic rings. The highest BCUT2D eigenvalue weighted by Crippen LogP contribution is 2.40. The Bertz CT molecular complexity index is 639. The highest BCUT2D eigenvalue weighted by molar-refractivity contribution is 5.39. The van der Waals surface area contributed by atoms with Crippen molar-refractivity contribution in [1.82, 2.24) is 5.32 Å². The Morgan fingerprint density at radius 3 is 2.39 bits per heavy atom. The van der Waals surface area contributed by atoms with Crippen molar-refractivity contribution in [2.45, 2.75) is 57.4 Å². The van der Waals surface area contributed by atoms with Crippen LogP contribution in [0.2, 0.25) is 0 Å². The molecule has 1 atom stereocenters. The van der Waals surface area contributed by atoms with Gasteiger partial charge in [0.05, 0.1) is 0 Å². The predicted octanol–water partition coefficient (Wildman–Crippen LogP) is 4.89. The summed E-state index contributed by atoms with van der Waals surface area (Å²) < 4.78 is 0.